The predicted molar refractivity (Wildman–Crippen MR) is 67.5 cm³/mol. The van der Waals surface area contributed by atoms with Crippen LogP contribution in [0.25, 0.3) is 0 Å². The number of carboxylic acids is 1. The lowest BCUT2D eigenvalue weighted by atomic mass is 10.2. The van der Waals surface area contributed by atoms with Gasteiger partial charge in [0.2, 0.25) is 0 Å². The van der Waals surface area contributed by atoms with E-state index in [1.165, 1.54) is 19.9 Å². The lowest BCUT2D eigenvalue weighted by Gasteiger charge is -2.39. The van der Waals surface area contributed by atoms with Crippen LogP contribution in [0.5, 0.6) is 0 Å². The zero-order chi connectivity index (χ0) is 14.8. The second-order valence-corrected chi connectivity index (χ2v) is 7.64. The molecule has 1 rings (SSSR count). The number of hydrogen-bond donors (Lipinski definition) is 1. The number of nitrogens with zero attached hydrogens (tertiary/aromatic N) is 1. The van der Waals surface area contributed by atoms with Crippen LogP contribution in [0, 0.1) is 0 Å². The number of sulfone groups is 1. The van der Waals surface area contributed by atoms with Crippen LogP contribution in [0.4, 0.5) is 4.79 Å². The van der Waals surface area contributed by atoms with Crippen molar-refractivity contribution in [3.63, 3.8) is 0 Å². The standard InChI is InChI=1S/C11H17NO6S/c1-4-5-18-10(15)12-6-8(9(13)14)19(16,17)11(2,3)7-12/h4,8H,1,5-7H2,2-3H3,(H,13,14). The number of rotatable bonds is 3. The van der Waals surface area contributed by atoms with E-state index in [1.54, 1.807) is 0 Å². The van der Waals surface area contributed by atoms with Crippen molar-refractivity contribution in [1.82, 2.24) is 4.90 Å². The Hall–Kier alpha value is -1.57. The Bertz CT molecular complexity index is 495. The van der Waals surface area contributed by atoms with Crippen LogP contribution in [-0.2, 0) is 19.4 Å². The van der Waals surface area contributed by atoms with E-state index >= 15 is 0 Å². The average Bonchev–Trinajstić information content (AvgIpc) is 2.28. The molecule has 0 aromatic carbocycles. The van der Waals surface area contributed by atoms with Crippen LogP contribution in [0.1, 0.15) is 13.8 Å². The first kappa shape index (κ1) is 15.5. The summed E-state index contributed by atoms with van der Waals surface area (Å²) < 4.78 is 27.6. The molecular weight excluding hydrogens is 274 g/mol. The molecular formula is C11H17NO6S. The van der Waals surface area contributed by atoms with Crippen LogP contribution in [0.2, 0.25) is 0 Å². The van der Waals surface area contributed by atoms with Crippen molar-refractivity contribution in [2.75, 3.05) is 19.7 Å². The summed E-state index contributed by atoms with van der Waals surface area (Å²) in [5.41, 5.74) is 0. The molecule has 1 aliphatic heterocycles. The zero-order valence-electron chi connectivity index (χ0n) is 10.8. The first-order chi connectivity index (χ1) is 8.63. The maximum atomic E-state index is 12.1. The molecule has 0 saturated carbocycles. The number of hydrogen-bond acceptors (Lipinski definition) is 5. The molecule has 0 bridgehead atoms. The molecule has 0 aliphatic carbocycles. The van der Waals surface area contributed by atoms with E-state index in [1.807, 2.05) is 0 Å². The Morgan fingerprint density at radius 2 is 2.11 bits per heavy atom. The molecule has 1 aliphatic rings. The first-order valence-electron chi connectivity index (χ1n) is 5.62. The van der Waals surface area contributed by atoms with Crippen molar-refractivity contribution in [1.29, 1.82) is 0 Å². The molecule has 1 heterocycles. The van der Waals surface area contributed by atoms with Gasteiger partial charge in [0.25, 0.3) is 0 Å². The van der Waals surface area contributed by atoms with Crippen molar-refractivity contribution in [2.45, 2.75) is 23.8 Å². The molecule has 19 heavy (non-hydrogen) atoms. The van der Waals surface area contributed by atoms with E-state index in [0.29, 0.717) is 0 Å². The Morgan fingerprint density at radius 1 is 1.53 bits per heavy atom. The van der Waals surface area contributed by atoms with Gasteiger partial charge in [-0.1, -0.05) is 12.7 Å². The smallest absolute Gasteiger partial charge is 0.410 e. The molecule has 7 nitrogen and oxygen atoms in total. The summed E-state index contributed by atoms with van der Waals surface area (Å²) in [4.78, 5) is 23.9. The van der Waals surface area contributed by atoms with Crippen molar-refractivity contribution in [3.8, 4) is 0 Å². The van der Waals surface area contributed by atoms with E-state index < -0.39 is 38.4 Å². The number of carbonyl (C=O) groups is 2. The molecule has 1 saturated heterocycles. The molecule has 1 unspecified atom stereocenters. The molecule has 1 fully saturated rings. The minimum Gasteiger partial charge on any atom is -0.480 e. The minimum absolute atomic E-state index is 0.0136. The van der Waals surface area contributed by atoms with Gasteiger partial charge in [-0.25, -0.2) is 13.2 Å². The van der Waals surface area contributed by atoms with Crippen molar-refractivity contribution >= 4 is 21.9 Å². The van der Waals surface area contributed by atoms with Crippen LogP contribution in [-0.4, -0.2) is 60.2 Å². The monoisotopic (exact) mass is 291 g/mol. The summed E-state index contributed by atoms with van der Waals surface area (Å²) in [6.07, 6.45) is 0.632. The number of carboxylic acid groups (broad SMARTS) is 1. The molecule has 1 N–H and O–H groups in total. The van der Waals surface area contributed by atoms with Crippen LogP contribution >= 0.6 is 0 Å². The molecule has 1 atom stereocenters. The molecule has 0 aromatic heterocycles. The lowest BCUT2D eigenvalue weighted by Crippen LogP contribution is -2.61. The largest absolute Gasteiger partial charge is 0.480 e. The van der Waals surface area contributed by atoms with Gasteiger partial charge in [-0.15, -0.1) is 0 Å². The third kappa shape index (κ3) is 2.89. The summed E-state index contributed by atoms with van der Waals surface area (Å²) >= 11 is 0. The summed E-state index contributed by atoms with van der Waals surface area (Å²) in [5.74, 6) is -1.46. The fraction of sp³-hybridized carbons (Fsp3) is 0.636. The normalized spacial score (nSPS) is 24.5. The predicted octanol–water partition coefficient (Wildman–Crippen LogP) is 0.271. The lowest BCUT2D eigenvalue weighted by molar-refractivity contribution is -0.137. The van der Waals surface area contributed by atoms with Crippen molar-refractivity contribution in [3.05, 3.63) is 12.7 Å². The van der Waals surface area contributed by atoms with E-state index in [0.717, 1.165) is 4.90 Å². The molecule has 0 spiro atoms. The van der Waals surface area contributed by atoms with E-state index in [9.17, 15) is 18.0 Å². The summed E-state index contributed by atoms with van der Waals surface area (Å²) in [7, 11) is -3.86. The van der Waals surface area contributed by atoms with Crippen LogP contribution < -0.4 is 0 Å². The molecule has 1 amide bonds. The van der Waals surface area contributed by atoms with E-state index in [4.69, 9.17) is 9.84 Å². The fourth-order valence-corrected chi connectivity index (χ4v) is 3.62. The second kappa shape index (κ2) is 5.20. The Labute approximate surface area is 111 Å². The van der Waals surface area contributed by atoms with Gasteiger partial charge in [0, 0.05) is 6.54 Å². The van der Waals surface area contributed by atoms with Gasteiger partial charge in [-0.2, -0.15) is 0 Å². The molecule has 8 heteroatoms. The Balaban J connectivity index is 3.01. The van der Waals surface area contributed by atoms with Crippen LogP contribution in [0.15, 0.2) is 12.7 Å². The highest BCUT2D eigenvalue weighted by Crippen LogP contribution is 2.29. The Kier molecular flexibility index (Phi) is 4.24. The highest BCUT2D eigenvalue weighted by atomic mass is 32.2. The van der Waals surface area contributed by atoms with E-state index in [2.05, 4.69) is 6.58 Å². The van der Waals surface area contributed by atoms with Crippen molar-refractivity contribution in [2.24, 2.45) is 0 Å². The second-order valence-electron chi connectivity index (χ2n) is 4.88. The quantitative estimate of drug-likeness (QED) is 0.749. The topological polar surface area (TPSA) is 101 Å². The maximum Gasteiger partial charge on any atom is 0.410 e. The SMILES string of the molecule is C=CCOC(=O)N1CC(C(=O)O)S(=O)(=O)C(C)(C)C1. The van der Waals surface area contributed by atoms with Gasteiger partial charge in [-0.05, 0) is 13.8 Å². The van der Waals surface area contributed by atoms with E-state index in [-0.39, 0.29) is 13.2 Å². The number of ether oxygens (including phenoxy) is 1. The van der Waals surface area contributed by atoms with Gasteiger partial charge in [0.1, 0.15) is 6.61 Å². The maximum absolute atomic E-state index is 12.1. The summed E-state index contributed by atoms with van der Waals surface area (Å²) in [6, 6.07) is 0. The first-order valence-corrected chi connectivity index (χ1v) is 7.17. The number of aliphatic carboxylic acids is 1. The highest BCUT2D eigenvalue weighted by Gasteiger charge is 2.51. The van der Waals surface area contributed by atoms with Gasteiger partial charge in [-0.3, -0.25) is 4.79 Å². The summed E-state index contributed by atoms with van der Waals surface area (Å²) in [6.45, 7) is 5.65. The minimum atomic E-state index is -3.86. The fourth-order valence-electron chi connectivity index (χ4n) is 1.87. The number of carbonyl (C=O) groups excluding carboxylic acids is 1. The molecule has 0 radical (unpaired) electrons. The average molecular weight is 291 g/mol. The molecule has 108 valence electrons. The highest BCUT2D eigenvalue weighted by molar-refractivity contribution is 7.94. The van der Waals surface area contributed by atoms with Gasteiger partial charge >= 0.3 is 12.1 Å². The summed E-state index contributed by atoms with van der Waals surface area (Å²) in [5, 5.41) is 7.38. The third-order valence-corrected chi connectivity index (χ3v) is 5.73. The van der Waals surface area contributed by atoms with Gasteiger partial charge in [0.15, 0.2) is 15.1 Å². The number of amides is 1. The van der Waals surface area contributed by atoms with Crippen molar-refractivity contribution < 1.29 is 27.9 Å². The zero-order valence-corrected chi connectivity index (χ0v) is 11.6. The molecule has 0 aromatic rings. The van der Waals surface area contributed by atoms with Gasteiger partial charge < -0.3 is 14.7 Å². The van der Waals surface area contributed by atoms with Gasteiger partial charge in [0.05, 0.1) is 11.3 Å². The Morgan fingerprint density at radius 3 is 2.58 bits per heavy atom. The van der Waals surface area contributed by atoms with Crippen LogP contribution in [0.3, 0.4) is 0 Å². The third-order valence-electron chi connectivity index (χ3n) is 2.96.